The van der Waals surface area contributed by atoms with Crippen molar-refractivity contribution in [2.75, 3.05) is 106 Å². The molecule has 350 valence electrons. The molecule has 6 aliphatic heterocycles. The predicted molar refractivity (Wildman–Crippen MR) is 256 cm³/mol. The Bertz CT molecular complexity index is 2750. The number of aromatic nitrogens is 8. The van der Waals surface area contributed by atoms with Crippen LogP contribution in [0.2, 0.25) is 0 Å². The van der Waals surface area contributed by atoms with Gasteiger partial charge in [0.25, 0.3) is 5.91 Å². The highest BCUT2D eigenvalue weighted by Crippen LogP contribution is 2.42. The molecule has 0 bridgehead atoms. The number of anilines is 6. The second-order valence-electron chi connectivity index (χ2n) is 18.9. The summed E-state index contributed by atoms with van der Waals surface area (Å²) < 4.78 is 15.5. The van der Waals surface area contributed by atoms with Gasteiger partial charge in [0.1, 0.15) is 28.6 Å². The molecule has 1 amide bonds. The maximum atomic E-state index is 12.7. The minimum absolute atomic E-state index is 0.0696. The number of fused-ring (bicyclic) bond motifs is 8. The summed E-state index contributed by atoms with van der Waals surface area (Å²) in [4.78, 5) is 60.4. The van der Waals surface area contributed by atoms with Gasteiger partial charge >= 0.3 is 0 Å². The quantitative estimate of drug-likeness (QED) is 0.170. The van der Waals surface area contributed by atoms with E-state index in [1.54, 1.807) is 12.4 Å². The lowest BCUT2D eigenvalue weighted by molar-refractivity contribution is 0.0123. The van der Waals surface area contributed by atoms with Crippen LogP contribution in [0.15, 0.2) is 61.2 Å². The highest BCUT2D eigenvalue weighted by Gasteiger charge is 2.43. The van der Waals surface area contributed by atoms with E-state index in [0.717, 1.165) is 124 Å². The summed E-state index contributed by atoms with van der Waals surface area (Å²) >= 11 is 0. The molecular weight excluding hydrogens is 851 g/mol. The maximum Gasteiger partial charge on any atom is 0.268 e. The molecule has 6 aromatic heterocycles. The van der Waals surface area contributed by atoms with Crippen LogP contribution >= 0.6 is 0 Å². The Morgan fingerprint density at radius 1 is 0.627 bits per heavy atom. The van der Waals surface area contributed by atoms with Crippen molar-refractivity contribution in [1.29, 1.82) is 0 Å². The lowest BCUT2D eigenvalue weighted by Crippen LogP contribution is -2.54. The summed E-state index contributed by atoms with van der Waals surface area (Å²) in [5.74, 6) is 2.46. The molecule has 67 heavy (non-hydrogen) atoms. The Morgan fingerprint density at radius 2 is 1.16 bits per heavy atom. The van der Waals surface area contributed by atoms with Crippen LogP contribution in [0.25, 0.3) is 22.1 Å². The molecule has 19 heteroatoms. The third-order valence-electron chi connectivity index (χ3n) is 14.7. The minimum Gasteiger partial charge on any atom is -0.381 e. The maximum absolute atomic E-state index is 12.7. The van der Waals surface area contributed by atoms with E-state index in [9.17, 15) is 9.59 Å². The lowest BCUT2D eigenvalue weighted by Gasteiger charge is -2.42. The lowest BCUT2D eigenvalue weighted by atomic mass is 9.81. The first-order valence-corrected chi connectivity index (χ1v) is 23.9. The SMILES string of the molecule is CC(C)N1CCN(c2ccc(Nc3ncc4cc5n(c4n3)C3(CCOCC3)CCC5=O)nc2)CC1.O=C1NCC2(CCOCC2)n2c1cc1cnc(Nc3ccc(N4CCNCC4)cn3)nc12. The molecule has 0 radical (unpaired) electrons. The number of amides is 1. The smallest absolute Gasteiger partial charge is 0.268 e. The van der Waals surface area contributed by atoms with Gasteiger partial charge in [-0.3, -0.25) is 14.5 Å². The van der Waals surface area contributed by atoms with Crippen LogP contribution in [0, 0.1) is 0 Å². The number of piperazine rings is 2. The van der Waals surface area contributed by atoms with Crippen molar-refractivity contribution >= 4 is 68.7 Å². The van der Waals surface area contributed by atoms with Crippen LogP contribution in [0.1, 0.15) is 73.3 Å². The van der Waals surface area contributed by atoms with Gasteiger partial charge in [-0.15, -0.1) is 0 Å². The van der Waals surface area contributed by atoms with E-state index in [-0.39, 0.29) is 22.8 Å². The molecule has 0 unspecified atom stereocenters. The Kier molecular flexibility index (Phi) is 11.7. The normalized spacial score (nSPS) is 20.4. The molecule has 12 rings (SSSR count). The van der Waals surface area contributed by atoms with Crippen LogP contribution in [-0.2, 0) is 20.6 Å². The molecule has 0 atom stereocenters. The first-order valence-electron chi connectivity index (χ1n) is 23.9. The van der Waals surface area contributed by atoms with Gasteiger partial charge in [-0.25, -0.2) is 19.9 Å². The van der Waals surface area contributed by atoms with E-state index in [1.807, 2.05) is 36.7 Å². The average molecular weight is 910 g/mol. The topological polar surface area (TPSA) is 198 Å². The fourth-order valence-electron chi connectivity index (χ4n) is 10.8. The van der Waals surface area contributed by atoms with Crippen LogP contribution in [0.3, 0.4) is 0 Å². The molecule has 6 aliphatic rings. The van der Waals surface area contributed by atoms with Crippen molar-refractivity contribution in [3.63, 3.8) is 0 Å². The third kappa shape index (κ3) is 8.42. The zero-order valence-electron chi connectivity index (χ0n) is 38.3. The Morgan fingerprint density at radius 3 is 1.72 bits per heavy atom. The Labute approximate surface area is 389 Å². The van der Waals surface area contributed by atoms with Gasteiger partial charge in [-0.1, -0.05) is 0 Å². The Balaban J connectivity index is 0.000000148. The van der Waals surface area contributed by atoms with Gasteiger partial charge in [0.05, 0.1) is 40.5 Å². The summed E-state index contributed by atoms with van der Waals surface area (Å²) in [6.45, 7) is 16.0. The second kappa shape index (κ2) is 18.1. The monoisotopic (exact) mass is 909 g/mol. The van der Waals surface area contributed by atoms with E-state index < -0.39 is 0 Å². The van der Waals surface area contributed by atoms with Gasteiger partial charge in [0, 0.05) is 121 Å². The molecule has 0 aliphatic carbocycles. The summed E-state index contributed by atoms with van der Waals surface area (Å²) in [5.41, 5.74) is 4.90. The molecule has 0 saturated carbocycles. The molecular formula is C48H59N15O4. The molecule has 4 fully saturated rings. The zero-order chi connectivity index (χ0) is 45.5. The van der Waals surface area contributed by atoms with E-state index in [2.05, 4.69) is 91.0 Å². The summed E-state index contributed by atoms with van der Waals surface area (Å²) in [7, 11) is 0. The number of nitrogens with one attached hydrogen (secondary N) is 4. The second-order valence-corrected chi connectivity index (χ2v) is 18.9. The summed E-state index contributed by atoms with van der Waals surface area (Å²) in [6, 6.07) is 12.5. The van der Waals surface area contributed by atoms with E-state index in [1.165, 1.54) is 0 Å². The minimum atomic E-state index is -0.210. The van der Waals surface area contributed by atoms with Crippen LogP contribution in [-0.4, -0.2) is 147 Å². The predicted octanol–water partition coefficient (Wildman–Crippen LogP) is 4.81. The van der Waals surface area contributed by atoms with Gasteiger partial charge in [0.2, 0.25) is 11.9 Å². The molecule has 0 aromatic carbocycles. The number of nitrogens with zero attached hydrogens (tertiary/aromatic N) is 11. The van der Waals surface area contributed by atoms with Crippen molar-refractivity contribution in [1.82, 2.24) is 54.6 Å². The van der Waals surface area contributed by atoms with Crippen molar-refractivity contribution < 1.29 is 19.1 Å². The van der Waals surface area contributed by atoms with Crippen LogP contribution in [0.4, 0.5) is 34.9 Å². The van der Waals surface area contributed by atoms with Crippen LogP contribution in [0.5, 0.6) is 0 Å². The van der Waals surface area contributed by atoms with Crippen molar-refractivity contribution in [3.8, 4) is 0 Å². The number of ether oxygens (including phenoxy) is 2. The molecule has 4 saturated heterocycles. The number of pyridine rings is 2. The number of rotatable bonds is 7. The van der Waals surface area contributed by atoms with Gasteiger partial charge in [0.15, 0.2) is 5.78 Å². The van der Waals surface area contributed by atoms with E-state index >= 15 is 0 Å². The fourth-order valence-corrected chi connectivity index (χ4v) is 10.8. The third-order valence-corrected chi connectivity index (χ3v) is 14.7. The van der Waals surface area contributed by atoms with E-state index in [0.29, 0.717) is 74.7 Å². The van der Waals surface area contributed by atoms with Crippen molar-refractivity contribution in [2.24, 2.45) is 0 Å². The number of hydrogen-bond acceptors (Lipinski definition) is 16. The largest absolute Gasteiger partial charge is 0.381 e. The number of carbonyl (C=O) groups excluding carboxylic acids is 2. The molecule has 12 heterocycles. The standard InChI is InChI=1S/C26H33N7O2.C22H26N8O2/c1-18(2)31-9-11-32(12-10-31)20-3-4-23(27-17-20)29-25-28-16-19-15-21-22(34)5-6-26(7-13-35-14-8-26)33(21)24(19)30-25;31-20-17-11-15-12-25-21(27-18-2-1-16(13-24-18)29-7-5-23-6-8-29)28-19(15)30(17)22(14-26-20)3-9-32-10-4-22/h3-4,15-18H,5-14H2,1-2H3,(H,27,28,29,30);1-2,11-13,23H,3-10,14H2,(H,26,31)(H,24,25,27,28). The van der Waals surface area contributed by atoms with Crippen LogP contribution < -0.4 is 31.1 Å². The molecule has 2 spiro atoms. The Hall–Kier alpha value is -6.28. The number of ketones is 1. The highest BCUT2D eigenvalue weighted by molar-refractivity contribution is 6.01. The fraction of sp³-hybridized carbons (Fsp3) is 0.500. The molecule has 19 nitrogen and oxygen atoms in total. The first-order chi connectivity index (χ1) is 32.7. The van der Waals surface area contributed by atoms with E-state index in [4.69, 9.17) is 19.4 Å². The van der Waals surface area contributed by atoms with Crippen molar-refractivity contribution in [3.05, 3.63) is 72.6 Å². The number of hydrogen-bond donors (Lipinski definition) is 4. The highest BCUT2D eigenvalue weighted by atomic mass is 16.5. The number of Topliss-reactive ketones (excluding diaryl/α,β-unsaturated/α-hetero) is 1. The first kappa shape index (κ1) is 43.3. The number of carbonyl (C=O) groups is 2. The van der Waals surface area contributed by atoms with Gasteiger partial charge in [-0.2, -0.15) is 9.97 Å². The zero-order valence-corrected chi connectivity index (χ0v) is 38.3. The summed E-state index contributed by atoms with van der Waals surface area (Å²) in [5, 5.41) is 14.7. The molecule has 4 N–H and O–H groups in total. The van der Waals surface area contributed by atoms with Crippen molar-refractivity contribution in [2.45, 2.75) is 69.5 Å². The van der Waals surface area contributed by atoms with Gasteiger partial charge in [-0.05, 0) is 82.3 Å². The molecule has 6 aromatic rings. The van der Waals surface area contributed by atoms with Gasteiger partial charge < -0.3 is 49.7 Å². The summed E-state index contributed by atoms with van der Waals surface area (Å²) in [6.07, 6.45) is 12.3. The average Bonchev–Trinajstić information content (AvgIpc) is 3.97.